The molecule has 0 bridgehead atoms. The monoisotopic (exact) mass is 262 g/mol. The van der Waals surface area contributed by atoms with E-state index in [9.17, 15) is 4.79 Å². The van der Waals surface area contributed by atoms with E-state index in [-0.39, 0.29) is 5.91 Å². The summed E-state index contributed by atoms with van der Waals surface area (Å²) >= 11 is 0. The number of aromatic nitrogens is 4. The van der Waals surface area contributed by atoms with Gasteiger partial charge in [-0.15, -0.1) is 0 Å². The van der Waals surface area contributed by atoms with Crippen molar-refractivity contribution in [1.82, 2.24) is 25.1 Å². The molecule has 19 heavy (non-hydrogen) atoms. The zero-order valence-corrected chi connectivity index (χ0v) is 10.8. The van der Waals surface area contributed by atoms with E-state index in [4.69, 9.17) is 4.74 Å². The van der Waals surface area contributed by atoms with Crippen LogP contribution in [0.15, 0.2) is 18.6 Å². The van der Waals surface area contributed by atoms with Crippen LogP contribution in [0.1, 0.15) is 10.5 Å². The Morgan fingerprint density at radius 3 is 2.79 bits per heavy atom. The molecule has 2 N–H and O–H groups in total. The van der Waals surface area contributed by atoms with Gasteiger partial charge >= 0.3 is 0 Å². The van der Waals surface area contributed by atoms with E-state index < -0.39 is 0 Å². The summed E-state index contributed by atoms with van der Waals surface area (Å²) in [7, 11) is 4.80. The summed E-state index contributed by atoms with van der Waals surface area (Å²) in [5.41, 5.74) is 0.300. The van der Waals surface area contributed by atoms with Gasteiger partial charge in [-0.3, -0.25) is 4.79 Å². The van der Waals surface area contributed by atoms with Crippen molar-refractivity contribution < 1.29 is 9.53 Å². The Balaban J connectivity index is 2.47. The average molecular weight is 262 g/mol. The van der Waals surface area contributed by atoms with Crippen molar-refractivity contribution in [3.05, 3.63) is 24.3 Å². The first-order chi connectivity index (χ1) is 9.21. The first kappa shape index (κ1) is 12.8. The number of ether oxygens (including phenoxy) is 1. The number of anilines is 1. The standard InChI is InChI=1S/C11H14N6O2/c1-12-9-8(19-3)10(15-6-14-9)17-5-4-7(16-17)11(18)13-2/h4-6H,1-3H3,(H,13,18)(H,12,14,15). The van der Waals surface area contributed by atoms with Crippen LogP contribution in [0.25, 0.3) is 5.82 Å². The quantitative estimate of drug-likeness (QED) is 0.810. The molecule has 2 aromatic rings. The minimum absolute atomic E-state index is 0.263. The van der Waals surface area contributed by atoms with E-state index in [0.717, 1.165) is 0 Å². The lowest BCUT2D eigenvalue weighted by Gasteiger charge is -2.10. The van der Waals surface area contributed by atoms with Gasteiger partial charge in [0.25, 0.3) is 5.91 Å². The number of methoxy groups -OCH3 is 1. The van der Waals surface area contributed by atoms with Crippen LogP contribution in [0.3, 0.4) is 0 Å². The number of carbonyl (C=O) groups excluding carboxylic acids is 1. The summed E-state index contributed by atoms with van der Waals surface area (Å²) in [5, 5.41) is 9.55. The van der Waals surface area contributed by atoms with Gasteiger partial charge in [0.05, 0.1) is 7.11 Å². The molecule has 8 nitrogen and oxygen atoms in total. The second kappa shape index (κ2) is 5.34. The molecule has 8 heteroatoms. The van der Waals surface area contributed by atoms with Gasteiger partial charge in [-0.25, -0.2) is 14.6 Å². The van der Waals surface area contributed by atoms with Crippen molar-refractivity contribution >= 4 is 11.7 Å². The molecule has 2 heterocycles. The van der Waals surface area contributed by atoms with Crippen molar-refractivity contribution in [2.75, 3.05) is 26.5 Å². The molecule has 0 unspecified atom stereocenters. The predicted octanol–water partition coefficient (Wildman–Crippen LogP) is 0.0722. The van der Waals surface area contributed by atoms with Gasteiger partial charge in [0.1, 0.15) is 6.33 Å². The van der Waals surface area contributed by atoms with E-state index in [1.165, 1.54) is 18.1 Å². The normalized spacial score (nSPS) is 10.1. The third-order valence-electron chi connectivity index (χ3n) is 2.49. The second-order valence-corrected chi connectivity index (χ2v) is 3.55. The third kappa shape index (κ3) is 2.32. The molecule has 0 aliphatic rings. The van der Waals surface area contributed by atoms with Crippen LogP contribution in [-0.4, -0.2) is 46.9 Å². The van der Waals surface area contributed by atoms with E-state index in [1.807, 2.05) is 0 Å². The molecule has 0 atom stereocenters. The van der Waals surface area contributed by atoms with Crippen LogP contribution < -0.4 is 15.4 Å². The number of nitrogens with zero attached hydrogens (tertiary/aromatic N) is 4. The first-order valence-corrected chi connectivity index (χ1v) is 5.56. The van der Waals surface area contributed by atoms with Gasteiger partial charge in [0.2, 0.25) is 11.6 Å². The van der Waals surface area contributed by atoms with Gasteiger partial charge in [0, 0.05) is 20.3 Å². The Kier molecular flexibility index (Phi) is 3.60. The summed E-state index contributed by atoms with van der Waals surface area (Å²) in [6.07, 6.45) is 3.03. The summed E-state index contributed by atoms with van der Waals surface area (Å²) in [6.45, 7) is 0. The number of amides is 1. The van der Waals surface area contributed by atoms with Gasteiger partial charge in [-0.05, 0) is 6.07 Å². The van der Waals surface area contributed by atoms with E-state index in [1.54, 1.807) is 26.4 Å². The molecule has 0 spiro atoms. The highest BCUT2D eigenvalue weighted by atomic mass is 16.5. The molecule has 1 amide bonds. The van der Waals surface area contributed by atoms with Crippen LogP contribution >= 0.6 is 0 Å². The molecule has 0 fully saturated rings. The molecule has 0 aromatic carbocycles. The van der Waals surface area contributed by atoms with Gasteiger partial charge < -0.3 is 15.4 Å². The van der Waals surface area contributed by atoms with Crippen molar-refractivity contribution in [2.45, 2.75) is 0 Å². The lowest BCUT2D eigenvalue weighted by Crippen LogP contribution is -2.18. The fourth-order valence-corrected chi connectivity index (χ4v) is 1.58. The number of hydrogen-bond donors (Lipinski definition) is 2. The van der Waals surface area contributed by atoms with Crippen molar-refractivity contribution in [3.63, 3.8) is 0 Å². The Labute approximate surface area is 109 Å². The SMILES string of the molecule is CNC(=O)c1ccn(-c2ncnc(NC)c2OC)n1. The summed E-state index contributed by atoms with van der Waals surface area (Å²) in [6, 6.07) is 1.60. The van der Waals surface area contributed by atoms with Gasteiger partial charge in [-0.2, -0.15) is 5.10 Å². The predicted molar refractivity (Wildman–Crippen MR) is 68.6 cm³/mol. The molecule has 0 radical (unpaired) electrons. The highest BCUT2D eigenvalue weighted by molar-refractivity contribution is 5.91. The molecular weight excluding hydrogens is 248 g/mol. The van der Waals surface area contributed by atoms with Crippen LogP contribution in [-0.2, 0) is 0 Å². The fourth-order valence-electron chi connectivity index (χ4n) is 1.58. The molecule has 0 aliphatic heterocycles. The summed E-state index contributed by atoms with van der Waals surface area (Å²) in [4.78, 5) is 19.6. The molecule has 2 aromatic heterocycles. The third-order valence-corrected chi connectivity index (χ3v) is 2.49. The Morgan fingerprint density at radius 2 is 2.16 bits per heavy atom. The Bertz CT molecular complexity index is 595. The largest absolute Gasteiger partial charge is 0.490 e. The molecule has 0 saturated heterocycles. The van der Waals surface area contributed by atoms with Crippen molar-refractivity contribution in [3.8, 4) is 11.6 Å². The zero-order valence-electron chi connectivity index (χ0n) is 10.8. The van der Waals surface area contributed by atoms with Crippen LogP contribution in [0.2, 0.25) is 0 Å². The second-order valence-electron chi connectivity index (χ2n) is 3.55. The minimum atomic E-state index is -0.263. The average Bonchev–Trinajstić information content (AvgIpc) is 2.95. The Hall–Kier alpha value is -2.64. The smallest absolute Gasteiger partial charge is 0.271 e. The maximum atomic E-state index is 11.5. The topological polar surface area (TPSA) is 94.0 Å². The number of nitrogens with one attached hydrogen (secondary N) is 2. The van der Waals surface area contributed by atoms with Gasteiger partial charge in [0.15, 0.2) is 11.5 Å². The molecule has 0 aliphatic carbocycles. The maximum Gasteiger partial charge on any atom is 0.271 e. The van der Waals surface area contributed by atoms with Crippen molar-refractivity contribution in [2.24, 2.45) is 0 Å². The number of hydrogen-bond acceptors (Lipinski definition) is 6. The molecule has 0 saturated carbocycles. The molecular formula is C11H14N6O2. The van der Waals surface area contributed by atoms with Crippen LogP contribution in [0.4, 0.5) is 5.82 Å². The minimum Gasteiger partial charge on any atom is -0.490 e. The Morgan fingerprint density at radius 1 is 1.37 bits per heavy atom. The molecule has 2 rings (SSSR count). The lowest BCUT2D eigenvalue weighted by atomic mass is 10.4. The number of carbonyl (C=O) groups is 1. The van der Waals surface area contributed by atoms with Crippen LogP contribution in [0, 0.1) is 0 Å². The maximum absolute atomic E-state index is 11.5. The highest BCUT2D eigenvalue weighted by Crippen LogP contribution is 2.26. The highest BCUT2D eigenvalue weighted by Gasteiger charge is 2.15. The van der Waals surface area contributed by atoms with Crippen molar-refractivity contribution in [1.29, 1.82) is 0 Å². The van der Waals surface area contributed by atoms with Gasteiger partial charge in [-0.1, -0.05) is 0 Å². The molecule has 100 valence electrons. The van der Waals surface area contributed by atoms with E-state index in [0.29, 0.717) is 23.1 Å². The summed E-state index contributed by atoms with van der Waals surface area (Å²) in [5.74, 6) is 1.19. The first-order valence-electron chi connectivity index (χ1n) is 5.56. The van der Waals surface area contributed by atoms with E-state index >= 15 is 0 Å². The lowest BCUT2D eigenvalue weighted by molar-refractivity contribution is 0.0957. The summed E-state index contributed by atoms with van der Waals surface area (Å²) < 4.78 is 6.73. The number of rotatable bonds is 4. The zero-order chi connectivity index (χ0) is 13.8. The fraction of sp³-hybridized carbons (Fsp3) is 0.273. The van der Waals surface area contributed by atoms with E-state index in [2.05, 4.69) is 25.7 Å². The van der Waals surface area contributed by atoms with Crippen LogP contribution in [0.5, 0.6) is 5.75 Å².